The quantitative estimate of drug-likeness (QED) is 0.147. The van der Waals surface area contributed by atoms with Crippen molar-refractivity contribution in [1.29, 1.82) is 0 Å². The van der Waals surface area contributed by atoms with Crippen molar-refractivity contribution in [1.82, 2.24) is 0 Å². The molecule has 0 saturated heterocycles. The normalized spacial score (nSPS) is 11.0. The number of aliphatic carboxylic acids is 2. The average Bonchev–Trinajstić information content (AvgIpc) is 2.73. The maximum absolute atomic E-state index is 10.6. The molecule has 0 aliphatic rings. The molecule has 0 bridgehead atoms. The molecule has 4 heteroatoms. The molecule has 4 nitrogen and oxygen atoms in total. The molecule has 0 aliphatic carbocycles. The Morgan fingerprint density at radius 1 is 0.645 bits per heavy atom. The van der Waals surface area contributed by atoms with Crippen molar-refractivity contribution >= 4 is 11.9 Å². The van der Waals surface area contributed by atoms with Crippen molar-refractivity contribution in [2.45, 2.75) is 136 Å². The molecular formula is C27H50O4. The second-order valence-corrected chi connectivity index (χ2v) is 8.56. The van der Waals surface area contributed by atoms with Crippen LogP contribution in [0.1, 0.15) is 136 Å². The molecule has 0 saturated carbocycles. The Morgan fingerprint density at radius 3 is 1.26 bits per heavy atom. The van der Waals surface area contributed by atoms with Crippen molar-refractivity contribution < 1.29 is 19.8 Å². The summed E-state index contributed by atoms with van der Waals surface area (Å²) in [5, 5.41) is 17.0. The highest BCUT2D eigenvalue weighted by Gasteiger charge is 2.02. The average molecular weight is 439 g/mol. The fourth-order valence-electron chi connectivity index (χ4n) is 3.39. The lowest BCUT2D eigenvalue weighted by atomic mass is 10.0. The number of unbranched alkanes of at least 4 members (excludes halogenated alkanes) is 15. The summed E-state index contributed by atoms with van der Waals surface area (Å²) in [6.07, 6.45) is 24.7. The van der Waals surface area contributed by atoms with E-state index in [1.807, 2.05) is 6.92 Å². The third-order valence-corrected chi connectivity index (χ3v) is 5.48. The molecule has 0 radical (unpaired) electrons. The first-order chi connectivity index (χ1) is 14.9. The van der Waals surface area contributed by atoms with Crippen LogP contribution in [0.25, 0.3) is 0 Å². The van der Waals surface area contributed by atoms with E-state index >= 15 is 0 Å². The summed E-state index contributed by atoms with van der Waals surface area (Å²) in [6.45, 7) is 9.33. The van der Waals surface area contributed by atoms with Crippen molar-refractivity contribution in [2.75, 3.05) is 0 Å². The van der Waals surface area contributed by atoms with Gasteiger partial charge in [-0.3, -0.25) is 0 Å². The van der Waals surface area contributed by atoms with E-state index in [9.17, 15) is 9.59 Å². The van der Waals surface area contributed by atoms with E-state index in [2.05, 4.69) is 13.5 Å². The minimum Gasteiger partial charge on any atom is -0.478 e. The van der Waals surface area contributed by atoms with Crippen LogP contribution in [0.3, 0.4) is 0 Å². The van der Waals surface area contributed by atoms with Gasteiger partial charge in [-0.1, -0.05) is 123 Å². The Bertz CT molecular complexity index is 480. The van der Waals surface area contributed by atoms with E-state index in [0.29, 0.717) is 17.6 Å². The predicted molar refractivity (Wildman–Crippen MR) is 133 cm³/mol. The molecule has 182 valence electrons. The number of hydrogen-bond donors (Lipinski definition) is 2. The van der Waals surface area contributed by atoms with Gasteiger partial charge in [0.05, 0.1) is 0 Å². The fourth-order valence-corrected chi connectivity index (χ4v) is 3.39. The molecule has 0 rings (SSSR count). The highest BCUT2D eigenvalue weighted by Crippen LogP contribution is 2.14. The summed E-state index contributed by atoms with van der Waals surface area (Å²) in [4.78, 5) is 20.6. The van der Waals surface area contributed by atoms with Gasteiger partial charge >= 0.3 is 11.9 Å². The van der Waals surface area contributed by atoms with Gasteiger partial charge in [0.1, 0.15) is 0 Å². The number of rotatable bonds is 20. The number of carbonyl (C=O) groups is 2. The Labute approximate surface area is 192 Å². The van der Waals surface area contributed by atoms with E-state index in [1.165, 1.54) is 89.9 Å². The third-order valence-electron chi connectivity index (χ3n) is 5.48. The van der Waals surface area contributed by atoms with Crippen LogP contribution >= 0.6 is 0 Å². The van der Waals surface area contributed by atoms with E-state index < -0.39 is 11.9 Å². The third kappa shape index (κ3) is 26.4. The molecule has 0 aromatic heterocycles. The second-order valence-electron chi connectivity index (χ2n) is 8.56. The van der Waals surface area contributed by atoms with Gasteiger partial charge in [0, 0.05) is 11.1 Å². The lowest BCUT2D eigenvalue weighted by Gasteiger charge is -2.04. The van der Waals surface area contributed by atoms with Crippen molar-refractivity contribution in [3.05, 3.63) is 23.8 Å². The maximum atomic E-state index is 10.6. The van der Waals surface area contributed by atoms with Crippen LogP contribution in [0.2, 0.25) is 0 Å². The van der Waals surface area contributed by atoms with Crippen LogP contribution < -0.4 is 0 Å². The first kappa shape index (κ1) is 31.6. The molecule has 0 aromatic rings. The summed E-state index contributed by atoms with van der Waals surface area (Å²) in [7, 11) is 0. The zero-order valence-electron chi connectivity index (χ0n) is 20.7. The monoisotopic (exact) mass is 438 g/mol. The van der Waals surface area contributed by atoms with Crippen LogP contribution in [0.4, 0.5) is 0 Å². The molecular weight excluding hydrogens is 388 g/mol. The Balaban J connectivity index is 0. The molecule has 31 heavy (non-hydrogen) atoms. The molecule has 0 unspecified atom stereocenters. The molecule has 0 spiro atoms. The van der Waals surface area contributed by atoms with Gasteiger partial charge in [-0.25, -0.2) is 9.59 Å². The first-order valence-corrected chi connectivity index (χ1v) is 12.7. The van der Waals surface area contributed by atoms with E-state index in [-0.39, 0.29) is 0 Å². The smallest absolute Gasteiger partial charge is 0.330 e. The molecule has 0 aliphatic heterocycles. The van der Waals surface area contributed by atoms with Crippen molar-refractivity contribution in [2.24, 2.45) is 0 Å². The largest absolute Gasteiger partial charge is 0.478 e. The molecule has 0 aromatic carbocycles. The van der Waals surface area contributed by atoms with Crippen molar-refractivity contribution in [3.8, 4) is 0 Å². The van der Waals surface area contributed by atoms with Gasteiger partial charge in [0.15, 0.2) is 0 Å². The lowest BCUT2D eigenvalue weighted by Crippen LogP contribution is -1.98. The standard InChI is InChI=1S/C21H40O2.C6H10O2/c1-3-4-5-6-7-8-9-10-11-12-13-14-15-16-17-18-19-20(2)21(22)23;1-3-4-5(2)6(7)8/h2-19H2,1H3,(H,22,23);4H,3H2,1-2H3,(H,7,8)/b;5-4+. The SMILES string of the molecule is C=C(CCCCCCCCCCCCCCCCCC)C(=O)O.CC/C=C(\C)C(=O)O. The van der Waals surface area contributed by atoms with Gasteiger partial charge in [-0.15, -0.1) is 0 Å². The van der Waals surface area contributed by atoms with Crippen LogP contribution in [-0.4, -0.2) is 22.2 Å². The summed E-state index contributed by atoms with van der Waals surface area (Å²) in [5.74, 6) is -1.67. The summed E-state index contributed by atoms with van der Waals surface area (Å²) in [6, 6.07) is 0. The fraction of sp³-hybridized carbons (Fsp3) is 0.778. The zero-order valence-corrected chi connectivity index (χ0v) is 20.7. The topological polar surface area (TPSA) is 74.6 Å². The molecule has 0 fully saturated rings. The van der Waals surface area contributed by atoms with E-state index in [1.54, 1.807) is 13.0 Å². The summed E-state index contributed by atoms with van der Waals surface area (Å²) < 4.78 is 0. The summed E-state index contributed by atoms with van der Waals surface area (Å²) >= 11 is 0. The molecule has 2 N–H and O–H groups in total. The van der Waals surface area contributed by atoms with Gasteiger partial charge in [0.25, 0.3) is 0 Å². The summed E-state index contributed by atoms with van der Waals surface area (Å²) in [5.41, 5.74) is 0.780. The van der Waals surface area contributed by atoms with Gasteiger partial charge in [-0.2, -0.15) is 0 Å². The number of hydrogen-bond acceptors (Lipinski definition) is 2. The van der Waals surface area contributed by atoms with E-state index in [4.69, 9.17) is 10.2 Å². The van der Waals surface area contributed by atoms with Crippen LogP contribution in [0.5, 0.6) is 0 Å². The lowest BCUT2D eigenvalue weighted by molar-refractivity contribution is -0.133. The second kappa shape index (κ2) is 24.7. The first-order valence-electron chi connectivity index (χ1n) is 12.7. The Hall–Kier alpha value is -1.58. The maximum Gasteiger partial charge on any atom is 0.330 e. The van der Waals surface area contributed by atoms with Gasteiger partial charge < -0.3 is 10.2 Å². The minimum atomic E-state index is -0.842. The predicted octanol–water partition coefficient (Wildman–Crippen LogP) is 8.71. The van der Waals surface area contributed by atoms with Crippen LogP contribution in [0, 0.1) is 0 Å². The highest BCUT2D eigenvalue weighted by atomic mass is 16.4. The number of carboxylic acids is 2. The Morgan fingerprint density at radius 2 is 1.00 bits per heavy atom. The van der Waals surface area contributed by atoms with E-state index in [0.717, 1.165) is 19.3 Å². The highest BCUT2D eigenvalue weighted by molar-refractivity contribution is 5.86. The molecule has 0 heterocycles. The Kier molecular flexibility index (Phi) is 25.2. The van der Waals surface area contributed by atoms with Gasteiger partial charge in [0.2, 0.25) is 0 Å². The van der Waals surface area contributed by atoms with Crippen LogP contribution in [-0.2, 0) is 9.59 Å². The number of allylic oxidation sites excluding steroid dienone is 1. The zero-order chi connectivity index (χ0) is 23.7. The molecule has 0 amide bonds. The van der Waals surface area contributed by atoms with Crippen LogP contribution in [0.15, 0.2) is 23.8 Å². The minimum absolute atomic E-state index is 0.357. The molecule has 0 atom stereocenters. The van der Waals surface area contributed by atoms with Gasteiger partial charge in [-0.05, 0) is 26.2 Å². The van der Waals surface area contributed by atoms with Crippen molar-refractivity contribution in [3.63, 3.8) is 0 Å². The number of carboxylic acid groups (broad SMARTS) is 2.